The SMILES string of the molecule is CCCCCCCCCCC=CC=Cc1cccc(O)c1O. The first kappa shape index (κ1) is 18.3. The van der Waals surface area contributed by atoms with Crippen molar-refractivity contribution in [3.05, 3.63) is 42.0 Å². The third-order valence-electron chi connectivity index (χ3n) is 3.79. The minimum Gasteiger partial charge on any atom is -0.504 e. The van der Waals surface area contributed by atoms with Gasteiger partial charge in [0.25, 0.3) is 0 Å². The largest absolute Gasteiger partial charge is 0.504 e. The summed E-state index contributed by atoms with van der Waals surface area (Å²) in [6.07, 6.45) is 19.7. The van der Waals surface area contributed by atoms with Crippen LogP contribution >= 0.6 is 0 Å². The van der Waals surface area contributed by atoms with Crippen LogP contribution in [0, 0.1) is 0 Å². The average Bonchev–Trinajstić information content (AvgIpc) is 2.52. The number of benzene rings is 1. The molecule has 22 heavy (non-hydrogen) atoms. The summed E-state index contributed by atoms with van der Waals surface area (Å²) < 4.78 is 0. The lowest BCUT2D eigenvalue weighted by Gasteiger charge is -2.00. The van der Waals surface area contributed by atoms with Gasteiger partial charge >= 0.3 is 0 Å². The van der Waals surface area contributed by atoms with Gasteiger partial charge in [-0.1, -0.05) is 88.3 Å². The van der Waals surface area contributed by atoms with Gasteiger partial charge < -0.3 is 10.2 Å². The Morgan fingerprint density at radius 3 is 2.27 bits per heavy atom. The first-order valence-corrected chi connectivity index (χ1v) is 8.60. The van der Waals surface area contributed by atoms with Crippen LogP contribution in [0.1, 0.15) is 70.3 Å². The van der Waals surface area contributed by atoms with Crippen molar-refractivity contribution < 1.29 is 10.2 Å². The molecule has 2 heteroatoms. The van der Waals surface area contributed by atoms with Crippen molar-refractivity contribution in [1.82, 2.24) is 0 Å². The molecule has 0 saturated heterocycles. The summed E-state index contributed by atoms with van der Waals surface area (Å²) in [5, 5.41) is 19.0. The van der Waals surface area contributed by atoms with Gasteiger partial charge in [0.05, 0.1) is 0 Å². The molecule has 2 nitrogen and oxygen atoms in total. The molecule has 1 rings (SSSR count). The Labute approximate surface area is 135 Å². The summed E-state index contributed by atoms with van der Waals surface area (Å²) in [4.78, 5) is 0. The fourth-order valence-electron chi connectivity index (χ4n) is 2.41. The molecule has 122 valence electrons. The zero-order valence-corrected chi connectivity index (χ0v) is 13.8. The van der Waals surface area contributed by atoms with Gasteiger partial charge in [-0.2, -0.15) is 0 Å². The fourth-order valence-corrected chi connectivity index (χ4v) is 2.41. The van der Waals surface area contributed by atoms with E-state index in [1.54, 1.807) is 18.2 Å². The van der Waals surface area contributed by atoms with Crippen molar-refractivity contribution in [2.75, 3.05) is 0 Å². The van der Waals surface area contributed by atoms with Crippen LogP contribution in [0.3, 0.4) is 0 Å². The van der Waals surface area contributed by atoms with Crippen LogP contribution < -0.4 is 0 Å². The number of aromatic hydroxyl groups is 2. The third-order valence-corrected chi connectivity index (χ3v) is 3.79. The van der Waals surface area contributed by atoms with E-state index in [4.69, 9.17) is 0 Å². The molecule has 0 heterocycles. The summed E-state index contributed by atoms with van der Waals surface area (Å²) in [6.45, 7) is 2.25. The predicted octanol–water partition coefficient (Wildman–Crippen LogP) is 6.20. The highest BCUT2D eigenvalue weighted by molar-refractivity contribution is 5.62. The molecule has 1 aromatic carbocycles. The maximum absolute atomic E-state index is 9.65. The van der Waals surface area contributed by atoms with Gasteiger partial charge in [0.1, 0.15) is 0 Å². The molecule has 2 N–H and O–H groups in total. The van der Waals surface area contributed by atoms with Crippen LogP contribution in [0.2, 0.25) is 0 Å². The van der Waals surface area contributed by atoms with E-state index in [9.17, 15) is 10.2 Å². The van der Waals surface area contributed by atoms with Crippen LogP contribution in [0.25, 0.3) is 6.08 Å². The number of para-hydroxylation sites is 1. The van der Waals surface area contributed by atoms with Gasteiger partial charge in [-0.25, -0.2) is 0 Å². The second kappa shape index (κ2) is 11.9. The summed E-state index contributed by atoms with van der Waals surface area (Å²) in [5.41, 5.74) is 0.636. The van der Waals surface area contributed by atoms with Crippen LogP contribution in [0.4, 0.5) is 0 Å². The summed E-state index contributed by atoms with van der Waals surface area (Å²) in [6, 6.07) is 4.97. The lowest BCUT2D eigenvalue weighted by atomic mass is 10.1. The average molecular weight is 302 g/mol. The second-order valence-corrected chi connectivity index (χ2v) is 5.77. The molecule has 0 aliphatic rings. The topological polar surface area (TPSA) is 40.5 Å². The molecule has 0 amide bonds. The number of hydrogen-bond donors (Lipinski definition) is 2. The Hall–Kier alpha value is -1.70. The van der Waals surface area contributed by atoms with Gasteiger partial charge in [-0.15, -0.1) is 0 Å². The van der Waals surface area contributed by atoms with E-state index in [1.807, 2.05) is 12.2 Å². The van der Waals surface area contributed by atoms with Gasteiger partial charge in [0.2, 0.25) is 0 Å². The number of rotatable bonds is 11. The first-order chi connectivity index (χ1) is 10.8. The lowest BCUT2D eigenvalue weighted by Crippen LogP contribution is -1.79. The van der Waals surface area contributed by atoms with Crippen LogP contribution in [0.15, 0.2) is 36.4 Å². The Morgan fingerprint density at radius 2 is 1.55 bits per heavy atom. The Balaban J connectivity index is 2.09. The van der Waals surface area contributed by atoms with Crippen LogP contribution in [-0.2, 0) is 0 Å². The second-order valence-electron chi connectivity index (χ2n) is 5.77. The Kier molecular flexibility index (Phi) is 9.93. The molecular formula is C20H30O2. The molecule has 0 aromatic heterocycles. The number of phenols is 2. The molecule has 0 unspecified atom stereocenters. The van der Waals surface area contributed by atoms with E-state index in [1.165, 1.54) is 57.4 Å². The maximum Gasteiger partial charge on any atom is 0.164 e. The van der Waals surface area contributed by atoms with Gasteiger partial charge in [-0.05, 0) is 18.9 Å². The van der Waals surface area contributed by atoms with Crippen molar-refractivity contribution in [3.63, 3.8) is 0 Å². The minimum absolute atomic E-state index is 0.0600. The number of phenolic OH excluding ortho intramolecular Hbond substituents is 2. The van der Waals surface area contributed by atoms with E-state index in [-0.39, 0.29) is 11.5 Å². The van der Waals surface area contributed by atoms with E-state index in [0.29, 0.717) is 5.56 Å². The van der Waals surface area contributed by atoms with Crippen molar-refractivity contribution in [2.45, 2.75) is 64.7 Å². The smallest absolute Gasteiger partial charge is 0.164 e. The first-order valence-electron chi connectivity index (χ1n) is 8.60. The quantitative estimate of drug-likeness (QED) is 0.290. The van der Waals surface area contributed by atoms with E-state index in [2.05, 4.69) is 13.0 Å². The lowest BCUT2D eigenvalue weighted by molar-refractivity contribution is 0.403. The highest BCUT2D eigenvalue weighted by atomic mass is 16.3. The molecule has 0 saturated carbocycles. The highest BCUT2D eigenvalue weighted by Crippen LogP contribution is 2.28. The van der Waals surface area contributed by atoms with Gasteiger partial charge in [0, 0.05) is 5.56 Å². The van der Waals surface area contributed by atoms with Gasteiger partial charge in [0.15, 0.2) is 11.5 Å². The van der Waals surface area contributed by atoms with E-state index < -0.39 is 0 Å². The maximum atomic E-state index is 9.65. The molecular weight excluding hydrogens is 272 g/mol. The normalized spacial score (nSPS) is 11.7. The number of unbranched alkanes of at least 4 members (excludes halogenated alkanes) is 8. The van der Waals surface area contributed by atoms with Gasteiger partial charge in [-0.3, -0.25) is 0 Å². The van der Waals surface area contributed by atoms with Crippen LogP contribution in [-0.4, -0.2) is 10.2 Å². The zero-order chi connectivity index (χ0) is 16.0. The molecule has 0 fully saturated rings. The fraction of sp³-hybridized carbons (Fsp3) is 0.500. The molecule has 1 aromatic rings. The molecule has 0 atom stereocenters. The molecule has 0 aliphatic carbocycles. The standard InChI is InChI=1S/C20H30O2/c1-2-3-4-5-6-7-8-9-10-11-12-13-15-18-16-14-17-19(21)20(18)22/h11-17,21-22H,2-10H2,1H3. The van der Waals surface area contributed by atoms with E-state index >= 15 is 0 Å². The highest BCUT2D eigenvalue weighted by Gasteiger charge is 2.00. The Bertz CT molecular complexity index is 461. The predicted molar refractivity (Wildman–Crippen MR) is 95.2 cm³/mol. The van der Waals surface area contributed by atoms with Crippen molar-refractivity contribution >= 4 is 6.08 Å². The number of hydrogen-bond acceptors (Lipinski definition) is 2. The number of allylic oxidation sites excluding steroid dienone is 3. The Morgan fingerprint density at radius 1 is 0.864 bits per heavy atom. The van der Waals surface area contributed by atoms with Crippen molar-refractivity contribution in [2.24, 2.45) is 0 Å². The summed E-state index contributed by atoms with van der Waals surface area (Å²) >= 11 is 0. The third kappa shape index (κ3) is 7.92. The van der Waals surface area contributed by atoms with Crippen molar-refractivity contribution in [3.8, 4) is 11.5 Å². The molecule has 0 aliphatic heterocycles. The zero-order valence-electron chi connectivity index (χ0n) is 13.8. The molecule has 0 bridgehead atoms. The summed E-state index contributed by atoms with van der Waals surface area (Å²) in [7, 11) is 0. The molecule has 0 spiro atoms. The monoisotopic (exact) mass is 302 g/mol. The van der Waals surface area contributed by atoms with E-state index in [0.717, 1.165) is 6.42 Å². The molecule has 0 radical (unpaired) electrons. The van der Waals surface area contributed by atoms with Crippen LogP contribution in [0.5, 0.6) is 11.5 Å². The minimum atomic E-state index is -0.0786. The summed E-state index contributed by atoms with van der Waals surface area (Å²) in [5.74, 6) is -0.139. The van der Waals surface area contributed by atoms with Crippen molar-refractivity contribution in [1.29, 1.82) is 0 Å².